The molecule has 0 atom stereocenters. The minimum atomic E-state index is -3.55. The molecule has 0 aromatic heterocycles. The molecule has 0 fully saturated rings. The third-order valence-electron chi connectivity index (χ3n) is 2.67. The predicted octanol–water partition coefficient (Wildman–Crippen LogP) is 2.31. The molecule has 2 rings (SSSR count). The van der Waals surface area contributed by atoms with E-state index in [4.69, 9.17) is 0 Å². The van der Waals surface area contributed by atoms with Crippen molar-refractivity contribution < 1.29 is 13.2 Å². The van der Waals surface area contributed by atoms with Crippen LogP contribution in [0.25, 0.3) is 10.8 Å². The smallest absolute Gasteiger partial charge is 0.307 e. The van der Waals surface area contributed by atoms with E-state index in [9.17, 15) is 13.2 Å². The van der Waals surface area contributed by atoms with Gasteiger partial charge in [-0.2, -0.15) is 0 Å². The number of hydrogen-bond donors (Lipinski definition) is 2. The normalized spacial score (nSPS) is 11.2. The molecule has 2 aromatic carbocycles. The van der Waals surface area contributed by atoms with Crippen LogP contribution >= 0.6 is 0 Å². The summed E-state index contributed by atoms with van der Waals surface area (Å²) in [7, 11) is -3.55. The molecule has 0 unspecified atom stereocenters. The van der Waals surface area contributed by atoms with E-state index in [1.54, 1.807) is 12.1 Å². The number of nitrogens with one attached hydrogen (secondary N) is 2. The molecule has 2 N–H and O–H groups in total. The topological polar surface area (TPSA) is 75.3 Å². The number of rotatable bonds is 3. The van der Waals surface area contributed by atoms with Crippen LogP contribution in [0.1, 0.15) is 6.92 Å². The lowest BCUT2D eigenvalue weighted by atomic mass is 10.1. The van der Waals surface area contributed by atoms with Crippen molar-refractivity contribution in [3.8, 4) is 0 Å². The van der Waals surface area contributed by atoms with Crippen molar-refractivity contribution in [1.82, 2.24) is 4.72 Å². The van der Waals surface area contributed by atoms with Crippen molar-refractivity contribution in [2.75, 3.05) is 11.1 Å². The van der Waals surface area contributed by atoms with Gasteiger partial charge in [-0.1, -0.05) is 36.4 Å². The Bertz CT molecular complexity index is 705. The molecule has 0 spiro atoms. The molecule has 0 saturated heterocycles. The summed E-state index contributed by atoms with van der Waals surface area (Å²) in [4.78, 5) is 11.6. The van der Waals surface area contributed by atoms with E-state index in [1.807, 2.05) is 35.1 Å². The molecular weight excluding hydrogens is 264 g/mol. The fourth-order valence-corrected chi connectivity index (χ4v) is 2.17. The summed E-state index contributed by atoms with van der Waals surface area (Å²) in [5.74, 6) is -0.143. The molecule has 2 aromatic rings. The van der Waals surface area contributed by atoms with Crippen LogP contribution in [-0.4, -0.2) is 20.2 Å². The Kier molecular flexibility index (Phi) is 3.71. The molecule has 0 aliphatic heterocycles. The van der Waals surface area contributed by atoms with Gasteiger partial charge >= 0.3 is 6.03 Å². The molecule has 100 valence electrons. The van der Waals surface area contributed by atoms with E-state index in [-0.39, 0.29) is 5.75 Å². The highest BCUT2D eigenvalue weighted by atomic mass is 32.2. The average molecular weight is 278 g/mol. The standard InChI is InChI=1S/C13H14N2O3S/c1-2-19(17,18)15-13(16)14-12-9-5-7-10-6-3-4-8-11(10)12/h3-9H,2H2,1H3,(H2,14,15,16). The van der Waals surface area contributed by atoms with Gasteiger partial charge in [0, 0.05) is 5.39 Å². The zero-order valence-electron chi connectivity index (χ0n) is 10.4. The van der Waals surface area contributed by atoms with Crippen molar-refractivity contribution in [2.24, 2.45) is 0 Å². The molecule has 0 heterocycles. The molecule has 6 heteroatoms. The van der Waals surface area contributed by atoms with Crippen LogP contribution in [0.4, 0.5) is 10.5 Å². The number of anilines is 1. The lowest BCUT2D eigenvalue weighted by Crippen LogP contribution is -2.35. The molecule has 0 aliphatic carbocycles. The van der Waals surface area contributed by atoms with Crippen LogP contribution in [0.5, 0.6) is 0 Å². The van der Waals surface area contributed by atoms with Crippen molar-refractivity contribution >= 4 is 32.5 Å². The fraction of sp³-hybridized carbons (Fsp3) is 0.154. The maximum absolute atomic E-state index is 11.6. The summed E-state index contributed by atoms with van der Waals surface area (Å²) < 4.78 is 24.5. The van der Waals surface area contributed by atoms with Gasteiger partial charge in [0.2, 0.25) is 10.0 Å². The Morgan fingerprint density at radius 3 is 2.53 bits per heavy atom. The maximum Gasteiger partial charge on any atom is 0.332 e. The zero-order valence-corrected chi connectivity index (χ0v) is 11.2. The van der Waals surface area contributed by atoms with Gasteiger partial charge < -0.3 is 5.32 Å². The largest absolute Gasteiger partial charge is 0.332 e. The lowest BCUT2D eigenvalue weighted by molar-refractivity contribution is 0.256. The van der Waals surface area contributed by atoms with Crippen LogP contribution < -0.4 is 10.0 Å². The number of sulfonamides is 1. The van der Waals surface area contributed by atoms with E-state index in [1.165, 1.54) is 6.92 Å². The molecule has 5 nitrogen and oxygen atoms in total. The minimum absolute atomic E-state index is 0.143. The van der Waals surface area contributed by atoms with Gasteiger partial charge in [0.25, 0.3) is 0 Å². The summed E-state index contributed by atoms with van der Waals surface area (Å²) in [6, 6.07) is 12.2. The maximum atomic E-state index is 11.6. The number of amides is 2. The first kappa shape index (κ1) is 13.4. The molecule has 0 radical (unpaired) electrons. The van der Waals surface area contributed by atoms with Gasteiger partial charge in [-0.15, -0.1) is 0 Å². The first-order valence-corrected chi connectivity index (χ1v) is 7.46. The second-order valence-electron chi connectivity index (χ2n) is 3.99. The monoisotopic (exact) mass is 278 g/mol. The van der Waals surface area contributed by atoms with Crippen molar-refractivity contribution in [3.63, 3.8) is 0 Å². The SMILES string of the molecule is CCS(=O)(=O)NC(=O)Nc1cccc2ccccc12. The van der Waals surface area contributed by atoms with Crippen molar-refractivity contribution in [1.29, 1.82) is 0 Å². The molecule has 0 bridgehead atoms. The van der Waals surface area contributed by atoms with Gasteiger partial charge in [0.15, 0.2) is 0 Å². The zero-order chi connectivity index (χ0) is 13.9. The van der Waals surface area contributed by atoms with Crippen LogP contribution in [0, 0.1) is 0 Å². The van der Waals surface area contributed by atoms with Crippen LogP contribution in [0.2, 0.25) is 0 Å². The average Bonchev–Trinajstić information content (AvgIpc) is 2.38. The van der Waals surface area contributed by atoms with Gasteiger partial charge in [-0.25, -0.2) is 17.9 Å². The first-order chi connectivity index (χ1) is 9.02. The minimum Gasteiger partial charge on any atom is -0.307 e. The van der Waals surface area contributed by atoms with Crippen molar-refractivity contribution in [2.45, 2.75) is 6.92 Å². The number of fused-ring (bicyclic) bond motifs is 1. The summed E-state index contributed by atoms with van der Waals surface area (Å²) in [5, 5.41) is 4.37. The first-order valence-electron chi connectivity index (χ1n) is 5.81. The molecular formula is C13H14N2O3S. The van der Waals surface area contributed by atoms with E-state index in [0.717, 1.165) is 10.8 Å². The summed E-state index contributed by atoms with van der Waals surface area (Å²) in [5.41, 5.74) is 0.571. The van der Waals surface area contributed by atoms with Gasteiger partial charge in [-0.3, -0.25) is 0 Å². The Labute approximate surface area is 111 Å². The van der Waals surface area contributed by atoms with Crippen LogP contribution in [0.15, 0.2) is 42.5 Å². The molecule has 2 amide bonds. The fourth-order valence-electron chi connectivity index (χ4n) is 1.70. The van der Waals surface area contributed by atoms with Gasteiger partial charge in [-0.05, 0) is 18.4 Å². The van der Waals surface area contributed by atoms with E-state index in [2.05, 4.69) is 5.32 Å². The van der Waals surface area contributed by atoms with E-state index >= 15 is 0 Å². The third-order valence-corrected chi connectivity index (χ3v) is 3.92. The summed E-state index contributed by atoms with van der Waals surface area (Å²) in [6.45, 7) is 1.47. The van der Waals surface area contributed by atoms with Crippen LogP contribution in [0.3, 0.4) is 0 Å². The Morgan fingerprint density at radius 2 is 1.79 bits per heavy atom. The quantitative estimate of drug-likeness (QED) is 0.904. The van der Waals surface area contributed by atoms with Crippen molar-refractivity contribution in [3.05, 3.63) is 42.5 Å². The van der Waals surface area contributed by atoms with E-state index in [0.29, 0.717) is 5.69 Å². The molecule has 19 heavy (non-hydrogen) atoms. The van der Waals surface area contributed by atoms with Crippen LogP contribution in [-0.2, 0) is 10.0 Å². The van der Waals surface area contributed by atoms with Gasteiger partial charge in [0.05, 0.1) is 11.4 Å². The number of benzene rings is 2. The third kappa shape index (κ3) is 3.23. The summed E-state index contributed by atoms with van der Waals surface area (Å²) in [6.07, 6.45) is 0. The lowest BCUT2D eigenvalue weighted by Gasteiger charge is -2.09. The number of urea groups is 1. The summed E-state index contributed by atoms with van der Waals surface area (Å²) >= 11 is 0. The predicted molar refractivity (Wildman–Crippen MR) is 75.6 cm³/mol. The van der Waals surface area contributed by atoms with Gasteiger partial charge in [0.1, 0.15) is 0 Å². The van der Waals surface area contributed by atoms with E-state index < -0.39 is 16.1 Å². The highest BCUT2D eigenvalue weighted by molar-refractivity contribution is 7.90. The molecule has 0 saturated carbocycles. The molecule has 0 aliphatic rings. The Morgan fingerprint density at radius 1 is 1.11 bits per heavy atom. The second kappa shape index (κ2) is 5.27. The highest BCUT2D eigenvalue weighted by Crippen LogP contribution is 2.22. The number of carbonyl (C=O) groups excluding carboxylic acids is 1. The number of carbonyl (C=O) groups is 1. The highest BCUT2D eigenvalue weighted by Gasteiger charge is 2.12. The Hall–Kier alpha value is -2.08. The number of hydrogen-bond acceptors (Lipinski definition) is 3. The Balaban J connectivity index is 2.25. The second-order valence-corrected chi connectivity index (χ2v) is 6.00.